The first-order valence-electron chi connectivity index (χ1n) is 7.72. The normalized spacial score (nSPS) is 14.1. The third kappa shape index (κ3) is 3.05. The molecule has 3 N–H and O–H groups in total. The lowest BCUT2D eigenvalue weighted by molar-refractivity contribution is -0.107. The summed E-state index contributed by atoms with van der Waals surface area (Å²) >= 11 is 1.67. The van der Waals surface area contributed by atoms with Gasteiger partial charge in [-0.3, -0.25) is 5.10 Å². The van der Waals surface area contributed by atoms with Crippen LogP contribution in [0.25, 0.3) is 20.8 Å². The molecule has 23 heavy (non-hydrogen) atoms. The van der Waals surface area contributed by atoms with Crippen LogP contribution >= 0.6 is 11.3 Å². The lowest BCUT2D eigenvalue weighted by Gasteiger charge is -2.09. The molecule has 3 aromatic heterocycles. The number of aromatic nitrogens is 3. The molecule has 4 rings (SSSR count). The quantitative estimate of drug-likeness (QED) is 0.458. The van der Waals surface area contributed by atoms with Crippen LogP contribution in [0.5, 0.6) is 0 Å². The highest BCUT2D eigenvalue weighted by molar-refractivity contribution is 7.22. The maximum atomic E-state index is 10.6. The fourth-order valence-electron chi connectivity index (χ4n) is 2.46. The van der Waals surface area contributed by atoms with Crippen LogP contribution in [-0.2, 0) is 4.79 Å². The summed E-state index contributed by atoms with van der Waals surface area (Å²) in [5.74, 6) is 0.891. The summed E-state index contributed by atoms with van der Waals surface area (Å²) in [5.41, 5.74) is 2.97. The number of aldehydes is 1. The second-order valence-electron chi connectivity index (χ2n) is 5.65. The fraction of sp³-hybridized carbons (Fsp3) is 0.312. The van der Waals surface area contributed by atoms with E-state index in [2.05, 4.69) is 26.9 Å². The van der Waals surface area contributed by atoms with Gasteiger partial charge < -0.3 is 15.4 Å². The largest absolute Gasteiger partial charge is 0.383 e. The topological polar surface area (TPSA) is 82.7 Å². The van der Waals surface area contributed by atoms with E-state index in [1.807, 2.05) is 12.1 Å². The first-order valence-corrected chi connectivity index (χ1v) is 8.53. The molecule has 1 aliphatic carbocycles. The Kier molecular flexibility index (Phi) is 3.70. The highest BCUT2D eigenvalue weighted by Crippen LogP contribution is 2.38. The lowest BCUT2D eigenvalue weighted by atomic mass is 10.3. The molecule has 118 valence electrons. The number of nitrogens with one attached hydrogen (secondary N) is 3. The van der Waals surface area contributed by atoms with E-state index in [1.54, 1.807) is 17.5 Å². The third-order valence-electron chi connectivity index (χ3n) is 3.75. The summed E-state index contributed by atoms with van der Waals surface area (Å²) in [4.78, 5) is 16.4. The lowest BCUT2D eigenvalue weighted by Crippen LogP contribution is -2.06. The van der Waals surface area contributed by atoms with E-state index >= 15 is 0 Å². The average molecular weight is 327 g/mol. The van der Waals surface area contributed by atoms with Gasteiger partial charge in [-0.25, -0.2) is 4.98 Å². The Morgan fingerprint density at radius 2 is 2.30 bits per heavy atom. The maximum absolute atomic E-state index is 10.6. The van der Waals surface area contributed by atoms with Gasteiger partial charge >= 0.3 is 0 Å². The van der Waals surface area contributed by atoms with E-state index in [1.165, 1.54) is 12.8 Å². The van der Waals surface area contributed by atoms with Gasteiger partial charge in [0, 0.05) is 31.3 Å². The SMILES string of the molecule is O=CCCNc1cc(NC2CC2)nc2cc(-c3ccn[nH]3)sc12. The maximum Gasteiger partial charge on any atom is 0.129 e. The second-order valence-corrected chi connectivity index (χ2v) is 6.70. The molecule has 6 nitrogen and oxygen atoms in total. The summed E-state index contributed by atoms with van der Waals surface area (Å²) in [6, 6.07) is 6.62. The predicted octanol–water partition coefficient (Wildman–Crippen LogP) is 3.26. The first kappa shape index (κ1) is 14.2. The van der Waals surface area contributed by atoms with E-state index < -0.39 is 0 Å². The van der Waals surface area contributed by atoms with Crippen LogP contribution in [0.3, 0.4) is 0 Å². The van der Waals surface area contributed by atoms with Crippen molar-refractivity contribution in [2.75, 3.05) is 17.2 Å². The van der Waals surface area contributed by atoms with Crippen LogP contribution < -0.4 is 10.6 Å². The van der Waals surface area contributed by atoms with Gasteiger partial charge in [-0.05, 0) is 25.0 Å². The van der Waals surface area contributed by atoms with Gasteiger partial charge in [-0.1, -0.05) is 0 Å². The van der Waals surface area contributed by atoms with Gasteiger partial charge in [-0.2, -0.15) is 5.10 Å². The number of carbonyl (C=O) groups is 1. The molecular weight excluding hydrogens is 310 g/mol. The van der Waals surface area contributed by atoms with E-state index in [0.29, 0.717) is 19.0 Å². The number of fused-ring (bicyclic) bond motifs is 1. The number of H-pyrrole nitrogens is 1. The zero-order chi connectivity index (χ0) is 15.6. The second kappa shape index (κ2) is 6.00. The number of thiophene rings is 1. The van der Waals surface area contributed by atoms with Gasteiger partial charge in [0.2, 0.25) is 0 Å². The molecule has 7 heteroatoms. The molecule has 1 saturated carbocycles. The molecule has 0 aliphatic heterocycles. The van der Waals surface area contributed by atoms with Crippen molar-refractivity contribution in [3.8, 4) is 10.6 Å². The zero-order valence-corrected chi connectivity index (χ0v) is 13.3. The van der Waals surface area contributed by atoms with Crippen molar-refractivity contribution in [2.45, 2.75) is 25.3 Å². The molecule has 0 amide bonds. The summed E-state index contributed by atoms with van der Waals surface area (Å²) in [6.45, 7) is 0.628. The van der Waals surface area contributed by atoms with Gasteiger partial charge in [-0.15, -0.1) is 11.3 Å². The number of hydrogen-bond acceptors (Lipinski definition) is 6. The van der Waals surface area contributed by atoms with Crippen LogP contribution in [0, 0.1) is 0 Å². The Morgan fingerprint density at radius 3 is 3.04 bits per heavy atom. The molecule has 1 fully saturated rings. The van der Waals surface area contributed by atoms with Crippen molar-refractivity contribution in [3.63, 3.8) is 0 Å². The Labute approximate surface area is 137 Å². The predicted molar refractivity (Wildman–Crippen MR) is 93.0 cm³/mol. The van der Waals surface area contributed by atoms with E-state index in [-0.39, 0.29) is 0 Å². The minimum absolute atomic E-state index is 0.494. The van der Waals surface area contributed by atoms with Gasteiger partial charge in [0.05, 0.1) is 26.5 Å². The smallest absolute Gasteiger partial charge is 0.129 e. The monoisotopic (exact) mass is 327 g/mol. The van der Waals surface area contributed by atoms with Crippen LogP contribution in [0.2, 0.25) is 0 Å². The van der Waals surface area contributed by atoms with E-state index in [0.717, 1.165) is 38.6 Å². The molecule has 0 saturated heterocycles. The minimum atomic E-state index is 0.494. The first-order chi connectivity index (χ1) is 11.3. The number of anilines is 2. The molecule has 0 radical (unpaired) electrons. The van der Waals surface area contributed by atoms with Crippen molar-refractivity contribution in [2.24, 2.45) is 0 Å². The van der Waals surface area contributed by atoms with E-state index in [4.69, 9.17) is 4.98 Å². The Bertz CT molecular complexity index is 822. The van der Waals surface area contributed by atoms with Gasteiger partial charge in [0.1, 0.15) is 12.1 Å². The number of hydrogen-bond donors (Lipinski definition) is 3. The number of nitrogens with zero attached hydrogens (tertiary/aromatic N) is 2. The van der Waals surface area contributed by atoms with Crippen LogP contribution in [0.1, 0.15) is 19.3 Å². The molecule has 0 spiro atoms. The third-order valence-corrected chi connectivity index (χ3v) is 4.94. The highest BCUT2D eigenvalue weighted by atomic mass is 32.1. The van der Waals surface area contributed by atoms with Gasteiger partial charge in [0.15, 0.2) is 0 Å². The molecular formula is C16H17N5OS. The summed E-state index contributed by atoms with van der Waals surface area (Å²) in [7, 11) is 0. The molecule has 3 heterocycles. The van der Waals surface area contributed by atoms with E-state index in [9.17, 15) is 4.79 Å². The van der Waals surface area contributed by atoms with Crippen molar-refractivity contribution >= 4 is 39.3 Å². The standard InChI is InChI=1S/C16H17N5OS/c22-7-1-5-17-12-9-15(19-10-2-3-10)20-13-8-14(23-16(12)13)11-4-6-18-21-11/h4,6-10H,1-3,5H2,(H,18,21)(H2,17,19,20). The minimum Gasteiger partial charge on any atom is -0.383 e. The van der Waals surface area contributed by atoms with Crippen LogP contribution in [-0.4, -0.2) is 34.1 Å². The number of pyridine rings is 1. The molecule has 3 aromatic rings. The Morgan fingerprint density at radius 1 is 1.39 bits per heavy atom. The summed E-state index contributed by atoms with van der Waals surface area (Å²) in [5, 5.41) is 13.8. The van der Waals surface area contributed by atoms with Crippen molar-refractivity contribution in [1.82, 2.24) is 15.2 Å². The molecule has 1 aliphatic rings. The summed E-state index contributed by atoms with van der Waals surface area (Å²) < 4.78 is 1.10. The number of aromatic amines is 1. The summed E-state index contributed by atoms with van der Waals surface area (Å²) in [6.07, 6.45) is 5.58. The van der Waals surface area contributed by atoms with Crippen LogP contribution in [0.4, 0.5) is 11.5 Å². The Hall–Kier alpha value is -2.41. The number of carbonyl (C=O) groups excluding carboxylic acids is 1. The highest BCUT2D eigenvalue weighted by Gasteiger charge is 2.22. The molecule has 0 aromatic carbocycles. The van der Waals surface area contributed by atoms with Crippen molar-refractivity contribution < 1.29 is 4.79 Å². The van der Waals surface area contributed by atoms with Crippen LogP contribution in [0.15, 0.2) is 24.4 Å². The average Bonchev–Trinajstić information content (AvgIpc) is 3.04. The fourth-order valence-corrected chi connectivity index (χ4v) is 3.52. The number of rotatable bonds is 7. The zero-order valence-electron chi connectivity index (χ0n) is 12.5. The van der Waals surface area contributed by atoms with Crippen molar-refractivity contribution in [3.05, 3.63) is 24.4 Å². The Balaban J connectivity index is 1.73. The van der Waals surface area contributed by atoms with Crippen molar-refractivity contribution in [1.29, 1.82) is 0 Å². The molecule has 0 atom stereocenters. The molecule has 0 unspecified atom stereocenters. The molecule has 0 bridgehead atoms. The van der Waals surface area contributed by atoms with Gasteiger partial charge in [0.25, 0.3) is 0 Å².